The summed E-state index contributed by atoms with van der Waals surface area (Å²) in [4.78, 5) is 0. The van der Waals surface area contributed by atoms with Gasteiger partial charge in [0.15, 0.2) is 0 Å². The number of hydrogen-bond donors (Lipinski definition) is 1. The highest BCUT2D eigenvalue weighted by atomic mass is 32.3. The summed E-state index contributed by atoms with van der Waals surface area (Å²) < 4.78 is 51.8. The first-order chi connectivity index (χ1) is 9.15. The first-order valence-electron chi connectivity index (χ1n) is 7.03. The molecule has 116 valence electrons. The van der Waals surface area contributed by atoms with Crippen LogP contribution in [-0.4, -0.2) is 29.7 Å². The van der Waals surface area contributed by atoms with E-state index in [1.54, 1.807) is 4.13 Å². The molecule has 4 fully saturated rings. The molecule has 0 atom stereocenters. The Balaban J connectivity index is 1.67. The van der Waals surface area contributed by atoms with Gasteiger partial charge in [-0.1, -0.05) is 4.13 Å². The Morgan fingerprint density at radius 3 is 1.85 bits per heavy atom. The maximum atomic E-state index is 11.6. The maximum Gasteiger partial charge on any atom is 0.349 e. The second-order valence-electron chi connectivity index (χ2n) is 6.99. The molecule has 4 aliphatic rings. The number of rotatable bonds is 5. The molecule has 4 aliphatic carbocycles. The van der Waals surface area contributed by atoms with E-state index in [0.717, 1.165) is 25.5 Å². The molecule has 0 radical (unpaired) electrons. The first-order valence-corrected chi connectivity index (χ1v) is 10.3. The zero-order valence-electron chi connectivity index (χ0n) is 11.5. The van der Waals surface area contributed by atoms with Crippen molar-refractivity contribution in [1.82, 2.24) is 4.13 Å². The van der Waals surface area contributed by atoms with Crippen molar-refractivity contribution < 1.29 is 21.0 Å². The van der Waals surface area contributed by atoms with Crippen LogP contribution in [0.15, 0.2) is 0 Å². The van der Waals surface area contributed by atoms with Gasteiger partial charge in [0.1, 0.15) is 0 Å². The predicted octanol–water partition coefficient (Wildman–Crippen LogP) is 1.01. The Bertz CT molecular complexity index is 560. The predicted molar refractivity (Wildman–Crippen MR) is 73.5 cm³/mol. The van der Waals surface area contributed by atoms with E-state index in [0.29, 0.717) is 17.8 Å². The van der Waals surface area contributed by atoms with Gasteiger partial charge < -0.3 is 0 Å². The largest absolute Gasteiger partial charge is 0.349 e. The zero-order chi connectivity index (χ0) is 14.6. The van der Waals surface area contributed by atoms with Gasteiger partial charge in [-0.25, -0.2) is 8.42 Å². The van der Waals surface area contributed by atoms with Crippen LogP contribution >= 0.6 is 0 Å². The molecule has 4 bridgehead atoms. The average Bonchev–Trinajstić information content (AvgIpc) is 2.21. The lowest BCUT2D eigenvalue weighted by molar-refractivity contribution is -0.0736. The highest BCUT2D eigenvalue weighted by Crippen LogP contribution is 2.60. The number of hydrogen-bond acceptors (Lipinski definition) is 5. The molecular weight excluding hydrogens is 302 g/mol. The van der Waals surface area contributed by atoms with Crippen LogP contribution in [0.3, 0.4) is 0 Å². The molecule has 4 rings (SSSR count). The van der Waals surface area contributed by atoms with Crippen LogP contribution in [0.25, 0.3) is 0 Å². The molecule has 0 aliphatic heterocycles. The molecule has 20 heavy (non-hydrogen) atoms. The Kier molecular flexibility index (Phi) is 3.43. The van der Waals surface area contributed by atoms with E-state index in [-0.39, 0.29) is 12.0 Å². The smallest absolute Gasteiger partial charge is 0.257 e. The molecule has 0 saturated heterocycles. The Morgan fingerprint density at radius 1 is 1.00 bits per heavy atom. The first kappa shape index (κ1) is 14.7. The standard InChI is InChI=1S/C12H21NO5S2/c1-19(14,15)13-20(16,17)18-8-12-5-9-2-10(6-12)4-11(3-9)7-12/h9-11,13H,2-8H2,1H3. The third kappa shape index (κ3) is 3.18. The van der Waals surface area contributed by atoms with Crippen LogP contribution < -0.4 is 4.13 Å². The summed E-state index contributed by atoms with van der Waals surface area (Å²) in [6.07, 6.45) is 7.68. The second-order valence-corrected chi connectivity index (χ2v) is 10.3. The normalized spacial score (nSPS) is 40.1. The lowest BCUT2D eigenvalue weighted by Gasteiger charge is -2.56. The lowest BCUT2D eigenvalue weighted by atomic mass is 9.50. The van der Waals surface area contributed by atoms with Gasteiger partial charge in [0, 0.05) is 0 Å². The zero-order valence-corrected chi connectivity index (χ0v) is 13.2. The second kappa shape index (κ2) is 4.66. The van der Waals surface area contributed by atoms with E-state index in [2.05, 4.69) is 0 Å². The minimum atomic E-state index is -4.22. The summed E-state index contributed by atoms with van der Waals surface area (Å²) in [5, 5.41) is 0. The summed E-state index contributed by atoms with van der Waals surface area (Å²) in [5.74, 6) is 2.11. The third-order valence-corrected chi connectivity index (χ3v) is 7.39. The van der Waals surface area contributed by atoms with E-state index in [1.165, 1.54) is 19.3 Å². The van der Waals surface area contributed by atoms with Gasteiger partial charge >= 0.3 is 10.3 Å². The molecule has 0 amide bonds. The third-order valence-electron chi connectivity index (χ3n) is 4.94. The Morgan fingerprint density at radius 2 is 1.45 bits per heavy atom. The van der Waals surface area contributed by atoms with Crippen LogP contribution in [0.2, 0.25) is 0 Å². The molecular formula is C12H21NO5S2. The van der Waals surface area contributed by atoms with Crippen LogP contribution in [0, 0.1) is 23.2 Å². The van der Waals surface area contributed by atoms with Crippen molar-refractivity contribution in [3.8, 4) is 0 Å². The van der Waals surface area contributed by atoms with E-state index in [9.17, 15) is 16.8 Å². The average molecular weight is 323 g/mol. The fourth-order valence-electron chi connectivity index (χ4n) is 4.88. The molecule has 6 nitrogen and oxygen atoms in total. The summed E-state index contributed by atoms with van der Waals surface area (Å²) in [6, 6.07) is 0. The quantitative estimate of drug-likeness (QED) is 0.815. The molecule has 0 aromatic heterocycles. The SMILES string of the molecule is CS(=O)(=O)NS(=O)(=O)OCC12CC3CC(CC(C3)C1)C2. The lowest BCUT2D eigenvalue weighted by Crippen LogP contribution is -2.49. The fraction of sp³-hybridized carbons (Fsp3) is 1.00. The van der Waals surface area contributed by atoms with Gasteiger partial charge in [0.05, 0.1) is 12.9 Å². The van der Waals surface area contributed by atoms with Crippen molar-refractivity contribution >= 4 is 20.3 Å². The number of sulfonamides is 1. The van der Waals surface area contributed by atoms with Gasteiger partial charge in [-0.2, -0.15) is 8.42 Å². The van der Waals surface area contributed by atoms with Crippen molar-refractivity contribution in [3.05, 3.63) is 0 Å². The van der Waals surface area contributed by atoms with Gasteiger partial charge in [-0.15, -0.1) is 0 Å². The summed E-state index contributed by atoms with van der Waals surface area (Å²) in [5.41, 5.74) is -0.0546. The highest BCUT2D eigenvalue weighted by molar-refractivity contribution is 8.02. The van der Waals surface area contributed by atoms with Crippen molar-refractivity contribution in [2.75, 3.05) is 12.9 Å². The summed E-state index contributed by atoms with van der Waals surface area (Å²) >= 11 is 0. The van der Waals surface area contributed by atoms with Gasteiger partial charge in [-0.3, -0.25) is 4.18 Å². The molecule has 0 spiro atoms. The molecule has 0 unspecified atom stereocenters. The molecule has 0 aromatic carbocycles. The molecule has 0 aromatic rings. The van der Waals surface area contributed by atoms with Crippen LogP contribution in [0.5, 0.6) is 0 Å². The van der Waals surface area contributed by atoms with E-state index < -0.39 is 20.3 Å². The van der Waals surface area contributed by atoms with Crippen molar-refractivity contribution in [1.29, 1.82) is 0 Å². The van der Waals surface area contributed by atoms with Crippen LogP contribution in [0.4, 0.5) is 0 Å². The molecule has 8 heteroatoms. The van der Waals surface area contributed by atoms with Gasteiger partial charge in [-0.05, 0) is 61.7 Å². The van der Waals surface area contributed by atoms with Gasteiger partial charge in [0.25, 0.3) is 0 Å². The van der Waals surface area contributed by atoms with E-state index >= 15 is 0 Å². The van der Waals surface area contributed by atoms with Gasteiger partial charge in [0.2, 0.25) is 10.0 Å². The maximum absolute atomic E-state index is 11.6. The monoisotopic (exact) mass is 323 g/mol. The number of nitrogens with one attached hydrogen (secondary N) is 1. The summed E-state index contributed by atoms with van der Waals surface area (Å²) in [7, 11) is -8.04. The fourth-order valence-corrected chi connectivity index (χ4v) is 6.96. The molecule has 0 heterocycles. The highest BCUT2D eigenvalue weighted by Gasteiger charge is 2.51. The topological polar surface area (TPSA) is 89.5 Å². The minimum Gasteiger partial charge on any atom is -0.257 e. The van der Waals surface area contributed by atoms with Crippen molar-refractivity contribution in [3.63, 3.8) is 0 Å². The van der Waals surface area contributed by atoms with E-state index in [1.807, 2.05) is 0 Å². The Labute approximate surface area is 120 Å². The molecule has 4 saturated carbocycles. The summed E-state index contributed by atoms with van der Waals surface area (Å²) in [6.45, 7) is 0.112. The van der Waals surface area contributed by atoms with E-state index in [4.69, 9.17) is 4.18 Å². The molecule has 1 N–H and O–H groups in total. The minimum absolute atomic E-state index is 0.0546. The van der Waals surface area contributed by atoms with Crippen LogP contribution in [-0.2, 0) is 24.5 Å². The van der Waals surface area contributed by atoms with Crippen molar-refractivity contribution in [2.45, 2.75) is 38.5 Å². The van der Waals surface area contributed by atoms with Crippen LogP contribution in [0.1, 0.15) is 38.5 Å². The Hall–Kier alpha value is -0.180. The van der Waals surface area contributed by atoms with Crippen molar-refractivity contribution in [2.24, 2.45) is 23.2 Å².